The molecule has 90 valence electrons. The number of nitrogen functional groups attached to an aromatic ring is 1. The van der Waals surface area contributed by atoms with Crippen molar-refractivity contribution in [3.8, 4) is 0 Å². The Labute approximate surface area is 109 Å². The molecule has 4 nitrogen and oxygen atoms in total. The summed E-state index contributed by atoms with van der Waals surface area (Å²) in [6.45, 7) is 2.05. The molecule has 1 aromatic heterocycles. The van der Waals surface area contributed by atoms with E-state index >= 15 is 0 Å². The minimum absolute atomic E-state index is 0.789. The molecule has 1 heterocycles. The predicted octanol–water partition coefficient (Wildman–Crippen LogP) is 2.65. The van der Waals surface area contributed by atoms with Crippen LogP contribution in [0.5, 0.6) is 0 Å². The molecule has 0 fully saturated rings. The summed E-state index contributed by atoms with van der Waals surface area (Å²) < 4.78 is 0.912. The number of hydrogen-bond acceptors (Lipinski definition) is 6. The van der Waals surface area contributed by atoms with E-state index in [1.54, 1.807) is 23.1 Å². The molecule has 1 aromatic carbocycles. The van der Waals surface area contributed by atoms with Crippen LogP contribution in [0.2, 0.25) is 0 Å². The van der Waals surface area contributed by atoms with Gasteiger partial charge in [-0.2, -0.15) is 0 Å². The highest BCUT2D eigenvalue weighted by Gasteiger charge is 2.10. The van der Waals surface area contributed by atoms with E-state index < -0.39 is 0 Å². The molecule has 0 amide bonds. The van der Waals surface area contributed by atoms with Crippen molar-refractivity contribution in [3.63, 3.8) is 0 Å². The molecule has 0 bridgehead atoms. The Bertz CT molecular complexity index is 502. The quantitative estimate of drug-likeness (QED) is 0.866. The van der Waals surface area contributed by atoms with Crippen LogP contribution in [0.3, 0.4) is 0 Å². The van der Waals surface area contributed by atoms with Crippen LogP contribution in [-0.4, -0.2) is 24.3 Å². The van der Waals surface area contributed by atoms with Gasteiger partial charge in [0.15, 0.2) is 4.34 Å². The minimum Gasteiger partial charge on any atom is -0.398 e. The van der Waals surface area contributed by atoms with Gasteiger partial charge in [0.1, 0.15) is 0 Å². The SMILES string of the molecule is Cc1cccc(N)c1Sc1nnc(N(C)C)s1. The van der Waals surface area contributed by atoms with Gasteiger partial charge in [-0.05, 0) is 18.6 Å². The van der Waals surface area contributed by atoms with Crippen molar-refractivity contribution in [3.05, 3.63) is 23.8 Å². The summed E-state index contributed by atoms with van der Waals surface area (Å²) in [4.78, 5) is 3.01. The van der Waals surface area contributed by atoms with Gasteiger partial charge in [0.05, 0.1) is 0 Å². The number of nitrogens with two attached hydrogens (primary N) is 1. The summed E-state index contributed by atoms with van der Waals surface area (Å²) in [5, 5.41) is 9.16. The Morgan fingerprint density at radius 3 is 2.65 bits per heavy atom. The van der Waals surface area contributed by atoms with E-state index in [0.29, 0.717) is 0 Å². The van der Waals surface area contributed by atoms with Crippen molar-refractivity contribution in [1.29, 1.82) is 0 Å². The van der Waals surface area contributed by atoms with Crippen molar-refractivity contribution in [2.45, 2.75) is 16.2 Å². The predicted molar refractivity (Wildman–Crippen MR) is 74.0 cm³/mol. The molecule has 0 saturated carbocycles. The van der Waals surface area contributed by atoms with E-state index in [4.69, 9.17) is 5.73 Å². The average molecular weight is 266 g/mol. The molecule has 2 aromatic rings. The topological polar surface area (TPSA) is 55.0 Å². The van der Waals surface area contributed by atoms with Crippen LogP contribution in [0, 0.1) is 6.92 Å². The number of aryl methyl sites for hydroxylation is 1. The van der Waals surface area contributed by atoms with Gasteiger partial charge in [-0.25, -0.2) is 0 Å². The first-order chi connectivity index (χ1) is 8.08. The van der Waals surface area contributed by atoms with E-state index in [0.717, 1.165) is 25.6 Å². The zero-order chi connectivity index (χ0) is 12.4. The smallest absolute Gasteiger partial charge is 0.208 e. The maximum absolute atomic E-state index is 5.96. The molecule has 17 heavy (non-hydrogen) atoms. The molecule has 0 radical (unpaired) electrons. The highest BCUT2D eigenvalue weighted by Crippen LogP contribution is 2.37. The first-order valence-electron chi connectivity index (χ1n) is 5.11. The number of anilines is 2. The highest BCUT2D eigenvalue weighted by molar-refractivity contribution is 8.01. The van der Waals surface area contributed by atoms with E-state index in [1.807, 2.05) is 44.1 Å². The van der Waals surface area contributed by atoms with Crippen molar-refractivity contribution in [2.75, 3.05) is 24.7 Å². The summed E-state index contributed by atoms with van der Waals surface area (Å²) >= 11 is 3.14. The molecule has 0 aliphatic carbocycles. The fourth-order valence-electron chi connectivity index (χ4n) is 1.33. The zero-order valence-electron chi connectivity index (χ0n) is 9.97. The Hall–Kier alpha value is -1.27. The van der Waals surface area contributed by atoms with Gasteiger partial charge in [0.25, 0.3) is 0 Å². The third-order valence-electron chi connectivity index (χ3n) is 2.21. The Morgan fingerprint density at radius 1 is 1.29 bits per heavy atom. The van der Waals surface area contributed by atoms with Crippen LogP contribution in [0.25, 0.3) is 0 Å². The monoisotopic (exact) mass is 266 g/mol. The maximum atomic E-state index is 5.96. The molecular weight excluding hydrogens is 252 g/mol. The third-order valence-corrected chi connectivity index (χ3v) is 4.61. The molecule has 0 spiro atoms. The van der Waals surface area contributed by atoms with Gasteiger partial charge >= 0.3 is 0 Å². The lowest BCUT2D eigenvalue weighted by atomic mass is 10.2. The van der Waals surface area contributed by atoms with Gasteiger partial charge in [-0.1, -0.05) is 35.2 Å². The van der Waals surface area contributed by atoms with Gasteiger partial charge in [-0.15, -0.1) is 10.2 Å². The van der Waals surface area contributed by atoms with Crippen LogP contribution in [0.15, 0.2) is 27.4 Å². The molecule has 6 heteroatoms. The lowest BCUT2D eigenvalue weighted by Gasteiger charge is -2.06. The fraction of sp³-hybridized carbons (Fsp3) is 0.273. The first-order valence-corrected chi connectivity index (χ1v) is 6.75. The maximum Gasteiger partial charge on any atom is 0.208 e. The third kappa shape index (κ3) is 2.70. The van der Waals surface area contributed by atoms with Crippen LogP contribution < -0.4 is 10.6 Å². The molecular formula is C11H14N4S2. The summed E-state index contributed by atoms with van der Waals surface area (Å²) in [6, 6.07) is 5.91. The van der Waals surface area contributed by atoms with E-state index in [2.05, 4.69) is 10.2 Å². The van der Waals surface area contributed by atoms with Gasteiger partial charge < -0.3 is 10.6 Å². The van der Waals surface area contributed by atoms with Crippen LogP contribution in [0.1, 0.15) is 5.56 Å². The van der Waals surface area contributed by atoms with Gasteiger partial charge in [0, 0.05) is 24.7 Å². The normalized spacial score (nSPS) is 10.5. The average Bonchev–Trinajstić information content (AvgIpc) is 2.72. The highest BCUT2D eigenvalue weighted by atomic mass is 32.2. The van der Waals surface area contributed by atoms with Crippen LogP contribution in [-0.2, 0) is 0 Å². The van der Waals surface area contributed by atoms with Gasteiger partial charge in [-0.3, -0.25) is 0 Å². The summed E-state index contributed by atoms with van der Waals surface area (Å²) in [5.74, 6) is 0. The molecule has 2 rings (SSSR count). The van der Waals surface area contributed by atoms with Gasteiger partial charge in [0.2, 0.25) is 5.13 Å². The zero-order valence-corrected chi connectivity index (χ0v) is 11.6. The lowest BCUT2D eigenvalue weighted by Crippen LogP contribution is -2.07. The standard InChI is InChI=1S/C11H14N4S2/c1-7-5-4-6-8(12)9(7)16-11-14-13-10(17-11)15(2)3/h4-6H,12H2,1-3H3. The van der Waals surface area contributed by atoms with Crippen molar-refractivity contribution >= 4 is 33.9 Å². The van der Waals surface area contributed by atoms with Crippen LogP contribution in [0.4, 0.5) is 10.8 Å². The second-order valence-corrected chi connectivity index (χ2v) is 6.05. The Kier molecular flexibility index (Phi) is 3.54. The Morgan fingerprint density at radius 2 is 2.06 bits per heavy atom. The van der Waals surface area contributed by atoms with E-state index in [-0.39, 0.29) is 0 Å². The summed E-state index contributed by atoms with van der Waals surface area (Å²) in [7, 11) is 3.91. The number of hydrogen-bond donors (Lipinski definition) is 1. The first kappa shape index (κ1) is 12.2. The fourth-order valence-corrected chi connectivity index (χ4v) is 3.14. The molecule has 0 aliphatic rings. The largest absolute Gasteiger partial charge is 0.398 e. The summed E-state index contributed by atoms with van der Waals surface area (Å²) in [6.07, 6.45) is 0. The van der Waals surface area contributed by atoms with Crippen molar-refractivity contribution in [1.82, 2.24) is 10.2 Å². The number of aromatic nitrogens is 2. The van der Waals surface area contributed by atoms with E-state index in [9.17, 15) is 0 Å². The lowest BCUT2D eigenvalue weighted by molar-refractivity contribution is 0.972. The molecule has 2 N–H and O–H groups in total. The second-order valence-electron chi connectivity index (χ2n) is 3.84. The summed E-state index contributed by atoms with van der Waals surface area (Å²) in [5.41, 5.74) is 7.91. The number of nitrogens with zero attached hydrogens (tertiary/aromatic N) is 3. The molecule has 0 saturated heterocycles. The van der Waals surface area contributed by atoms with Crippen LogP contribution >= 0.6 is 23.1 Å². The van der Waals surface area contributed by atoms with E-state index in [1.165, 1.54) is 0 Å². The second kappa shape index (κ2) is 4.93. The minimum atomic E-state index is 0.789. The number of benzene rings is 1. The van der Waals surface area contributed by atoms with Crippen molar-refractivity contribution < 1.29 is 0 Å². The molecule has 0 unspecified atom stereocenters. The number of rotatable bonds is 3. The Balaban J connectivity index is 2.25. The molecule has 0 aliphatic heterocycles. The van der Waals surface area contributed by atoms with Crippen molar-refractivity contribution in [2.24, 2.45) is 0 Å². The molecule has 0 atom stereocenters.